The summed E-state index contributed by atoms with van der Waals surface area (Å²) in [5.41, 5.74) is 1.17. The first-order chi connectivity index (χ1) is 7.54. The molecule has 1 N–H and O–H groups in total. The van der Waals surface area contributed by atoms with Gasteiger partial charge >= 0.3 is 107 Å². The Labute approximate surface area is 107 Å². The zero-order valence-corrected chi connectivity index (χ0v) is 12.8. The second-order valence-electron chi connectivity index (χ2n) is 4.89. The monoisotopic (exact) mass is 320 g/mol. The van der Waals surface area contributed by atoms with Gasteiger partial charge in [-0.1, -0.05) is 0 Å². The Morgan fingerprint density at radius 3 is 2.31 bits per heavy atom. The molecule has 2 radical (unpaired) electrons. The van der Waals surface area contributed by atoms with Gasteiger partial charge in [-0.2, -0.15) is 0 Å². The molecule has 16 heavy (non-hydrogen) atoms. The predicted octanol–water partition coefficient (Wildman–Crippen LogP) is 2.62. The molecule has 0 amide bonds. The van der Waals surface area contributed by atoms with Crippen molar-refractivity contribution in [3.8, 4) is 11.4 Å². The van der Waals surface area contributed by atoms with E-state index in [1.807, 2.05) is 6.20 Å². The van der Waals surface area contributed by atoms with Gasteiger partial charge in [0, 0.05) is 0 Å². The van der Waals surface area contributed by atoms with Gasteiger partial charge in [0.05, 0.1) is 0 Å². The standard InChI is InChI=1S/C9H7N2.C4H9.Sn/c1-2-4-8(5-3-1)9-10-6-7-11-9;1-4(2)3;/h2-7H,(H,10,11);1-3H3;. The summed E-state index contributed by atoms with van der Waals surface area (Å²) in [4.78, 5) is 7.37. The van der Waals surface area contributed by atoms with Gasteiger partial charge < -0.3 is 0 Å². The molecule has 0 bridgehead atoms. The summed E-state index contributed by atoms with van der Waals surface area (Å²) in [6.07, 6.45) is 3.64. The van der Waals surface area contributed by atoms with Crippen LogP contribution in [0, 0.1) is 0 Å². The van der Waals surface area contributed by atoms with Crippen LogP contribution in [-0.2, 0) is 0 Å². The van der Waals surface area contributed by atoms with E-state index in [0.29, 0.717) is 3.43 Å². The third kappa shape index (κ3) is 3.11. The molecule has 0 fully saturated rings. The van der Waals surface area contributed by atoms with Crippen LogP contribution in [0.3, 0.4) is 0 Å². The summed E-state index contributed by atoms with van der Waals surface area (Å²) >= 11 is -0.475. The average Bonchev–Trinajstić information content (AvgIpc) is 2.69. The van der Waals surface area contributed by atoms with Crippen molar-refractivity contribution in [2.24, 2.45) is 0 Å². The Morgan fingerprint density at radius 1 is 1.12 bits per heavy atom. The maximum absolute atomic E-state index is 4.25. The number of rotatable bonds is 2. The number of aromatic amines is 1. The number of aromatic nitrogens is 2. The normalized spacial score (nSPS) is 11.7. The van der Waals surface area contributed by atoms with E-state index in [1.54, 1.807) is 9.78 Å². The molecule has 0 unspecified atom stereocenters. The van der Waals surface area contributed by atoms with Crippen molar-refractivity contribution in [3.05, 3.63) is 36.7 Å². The average molecular weight is 319 g/mol. The van der Waals surface area contributed by atoms with Gasteiger partial charge in [-0.25, -0.2) is 0 Å². The van der Waals surface area contributed by atoms with Gasteiger partial charge in [0.1, 0.15) is 0 Å². The van der Waals surface area contributed by atoms with Gasteiger partial charge in [0.2, 0.25) is 0 Å². The molecule has 0 aliphatic rings. The zero-order valence-electron chi connectivity index (χ0n) is 9.91. The molecule has 0 atom stereocenters. The van der Waals surface area contributed by atoms with E-state index in [0.717, 1.165) is 5.82 Å². The Bertz CT molecular complexity index is 438. The molecular formula is C13H16N2Sn. The van der Waals surface area contributed by atoms with Crippen LogP contribution in [0.15, 0.2) is 36.7 Å². The predicted molar refractivity (Wildman–Crippen MR) is 69.1 cm³/mol. The number of hydrogen-bond acceptors (Lipinski definition) is 1. The Balaban J connectivity index is 2.17. The van der Waals surface area contributed by atoms with E-state index < -0.39 is 21.1 Å². The summed E-state index contributed by atoms with van der Waals surface area (Å²) in [6, 6.07) is 8.85. The topological polar surface area (TPSA) is 28.7 Å². The minimum absolute atomic E-state index is 0.475. The third-order valence-electron chi connectivity index (χ3n) is 2.18. The molecule has 2 rings (SSSR count). The van der Waals surface area contributed by atoms with Crippen LogP contribution in [0.25, 0.3) is 11.4 Å². The Morgan fingerprint density at radius 2 is 1.81 bits per heavy atom. The van der Waals surface area contributed by atoms with Gasteiger partial charge in [-0.3, -0.25) is 0 Å². The van der Waals surface area contributed by atoms with Crippen LogP contribution in [0.2, 0.25) is 3.43 Å². The van der Waals surface area contributed by atoms with E-state index >= 15 is 0 Å². The number of nitrogens with one attached hydrogen (secondary N) is 1. The summed E-state index contributed by atoms with van der Waals surface area (Å²) in [5, 5.41) is 0. The molecule has 1 heterocycles. The van der Waals surface area contributed by atoms with Gasteiger partial charge in [-0.15, -0.1) is 0 Å². The van der Waals surface area contributed by atoms with E-state index in [2.05, 4.69) is 55.0 Å². The zero-order chi connectivity index (χ0) is 11.6. The van der Waals surface area contributed by atoms with Crippen LogP contribution >= 0.6 is 0 Å². The second-order valence-corrected chi connectivity index (χ2v) is 11.5. The molecule has 0 aliphatic carbocycles. The fourth-order valence-electron chi connectivity index (χ4n) is 1.57. The Hall–Kier alpha value is -0.771. The van der Waals surface area contributed by atoms with Gasteiger partial charge in [0.15, 0.2) is 0 Å². The van der Waals surface area contributed by atoms with Crippen molar-refractivity contribution in [2.45, 2.75) is 24.2 Å². The minimum atomic E-state index is -0.475. The van der Waals surface area contributed by atoms with Crippen molar-refractivity contribution in [1.29, 1.82) is 0 Å². The molecule has 0 aliphatic heterocycles. The molecule has 0 spiro atoms. The first kappa shape index (κ1) is 11.7. The first-order valence-electron chi connectivity index (χ1n) is 5.43. The summed E-state index contributed by atoms with van der Waals surface area (Å²) < 4.78 is 2.06. The van der Waals surface area contributed by atoms with E-state index in [-0.39, 0.29) is 0 Å². The van der Waals surface area contributed by atoms with E-state index in [4.69, 9.17) is 0 Å². The molecular weight excluding hydrogens is 303 g/mol. The number of nitrogens with zero attached hydrogens (tertiary/aromatic N) is 1. The van der Waals surface area contributed by atoms with Crippen LogP contribution in [-0.4, -0.2) is 31.1 Å². The van der Waals surface area contributed by atoms with E-state index in [9.17, 15) is 0 Å². The SMILES string of the molecule is C[C](C)(C)[Sn][c]1ccc(-c2ncc[nH]2)cc1. The maximum atomic E-state index is 4.25. The molecule has 3 heteroatoms. The Kier molecular flexibility index (Phi) is 3.38. The molecule has 0 saturated carbocycles. The second kappa shape index (κ2) is 4.61. The number of benzene rings is 1. The molecule has 82 valence electrons. The van der Waals surface area contributed by atoms with Gasteiger partial charge in [0.25, 0.3) is 0 Å². The summed E-state index contributed by atoms with van der Waals surface area (Å²) in [5.74, 6) is 0.952. The fraction of sp³-hybridized carbons (Fsp3) is 0.308. The van der Waals surface area contributed by atoms with Crippen LogP contribution in [0.4, 0.5) is 0 Å². The fourth-order valence-corrected chi connectivity index (χ4v) is 4.99. The molecule has 2 nitrogen and oxygen atoms in total. The molecule has 1 aromatic heterocycles. The molecule has 0 saturated heterocycles. The van der Waals surface area contributed by atoms with Crippen molar-refractivity contribution in [3.63, 3.8) is 0 Å². The first-order valence-corrected chi connectivity index (χ1v) is 8.28. The summed E-state index contributed by atoms with van der Waals surface area (Å²) in [7, 11) is 0. The van der Waals surface area contributed by atoms with Crippen LogP contribution < -0.4 is 3.58 Å². The van der Waals surface area contributed by atoms with Crippen molar-refractivity contribution < 1.29 is 0 Å². The van der Waals surface area contributed by atoms with Crippen molar-refractivity contribution in [2.75, 3.05) is 0 Å². The number of H-pyrrole nitrogens is 1. The number of imidazole rings is 1. The molecule has 1 aromatic carbocycles. The van der Waals surface area contributed by atoms with Gasteiger partial charge in [-0.05, 0) is 0 Å². The van der Waals surface area contributed by atoms with Crippen molar-refractivity contribution in [1.82, 2.24) is 9.97 Å². The summed E-state index contributed by atoms with van der Waals surface area (Å²) in [6.45, 7) is 7.00. The molecule has 2 aromatic rings. The van der Waals surface area contributed by atoms with Crippen molar-refractivity contribution >= 4 is 24.7 Å². The number of hydrogen-bond donors (Lipinski definition) is 1. The van der Waals surface area contributed by atoms with Crippen LogP contribution in [0.1, 0.15) is 20.8 Å². The van der Waals surface area contributed by atoms with E-state index in [1.165, 1.54) is 5.56 Å². The van der Waals surface area contributed by atoms with Crippen LogP contribution in [0.5, 0.6) is 0 Å². The quantitative estimate of drug-likeness (QED) is 0.847. The third-order valence-corrected chi connectivity index (χ3v) is 6.09.